The zero-order valence-electron chi connectivity index (χ0n) is 10.3. The van der Waals surface area contributed by atoms with Gasteiger partial charge in [-0.15, -0.1) is 0 Å². The van der Waals surface area contributed by atoms with E-state index in [1.165, 1.54) is 11.9 Å². The number of benzene rings is 1. The van der Waals surface area contributed by atoms with Crippen molar-refractivity contribution in [2.45, 2.75) is 6.42 Å². The predicted molar refractivity (Wildman–Crippen MR) is 78.1 cm³/mol. The van der Waals surface area contributed by atoms with Gasteiger partial charge in [0.25, 0.3) is 0 Å². The molecule has 0 radical (unpaired) electrons. The lowest BCUT2D eigenvalue weighted by molar-refractivity contribution is 0.356. The van der Waals surface area contributed by atoms with Crippen LogP contribution < -0.4 is 4.74 Å². The molecule has 1 aromatic carbocycles. The number of nitrogens with zero attached hydrogens (tertiary/aromatic N) is 3. The van der Waals surface area contributed by atoms with Crippen LogP contribution in [0.15, 0.2) is 30.6 Å². The summed E-state index contributed by atoms with van der Waals surface area (Å²) in [4.78, 5) is 8.25. The highest BCUT2D eigenvalue weighted by molar-refractivity contribution is 6.36. The Hall–Kier alpha value is -1.78. The van der Waals surface area contributed by atoms with Gasteiger partial charge in [0.05, 0.1) is 17.7 Å². The van der Waals surface area contributed by atoms with E-state index in [1.807, 2.05) is 16.7 Å². The predicted octanol–water partition coefficient (Wildman–Crippen LogP) is 3.66. The number of fused-ring (bicyclic) bond motifs is 2. The molecule has 0 spiro atoms. The average Bonchev–Trinajstić information content (AvgIpc) is 3.02. The largest absolute Gasteiger partial charge is 0.493 e. The summed E-state index contributed by atoms with van der Waals surface area (Å²) in [6.07, 6.45) is 2.38. The molecule has 0 bridgehead atoms. The Balaban J connectivity index is 1.98. The second kappa shape index (κ2) is 4.36. The molecule has 0 unspecified atom stereocenters. The third-order valence-electron chi connectivity index (χ3n) is 3.44. The number of aromatic nitrogens is 3. The Morgan fingerprint density at radius 3 is 2.95 bits per heavy atom. The molecule has 0 saturated heterocycles. The van der Waals surface area contributed by atoms with E-state index in [4.69, 9.17) is 27.9 Å². The number of hydrogen-bond donors (Lipinski definition) is 0. The molecule has 2 aromatic heterocycles. The van der Waals surface area contributed by atoms with Crippen LogP contribution in [0, 0.1) is 0 Å². The molecule has 100 valence electrons. The third kappa shape index (κ3) is 1.69. The number of hydrogen-bond acceptors (Lipinski definition) is 3. The Bertz CT molecular complexity index is 829. The molecule has 3 heterocycles. The molecule has 4 nitrogen and oxygen atoms in total. The van der Waals surface area contributed by atoms with Crippen LogP contribution >= 0.6 is 23.2 Å². The van der Waals surface area contributed by atoms with Crippen molar-refractivity contribution in [1.29, 1.82) is 0 Å². The molecule has 6 heteroatoms. The summed E-state index contributed by atoms with van der Waals surface area (Å²) in [5.41, 5.74) is 2.81. The molecule has 0 fully saturated rings. The summed E-state index contributed by atoms with van der Waals surface area (Å²) in [5.74, 6) is 0.903. The van der Waals surface area contributed by atoms with Crippen LogP contribution in [-0.4, -0.2) is 21.1 Å². The maximum absolute atomic E-state index is 6.32. The zero-order valence-corrected chi connectivity index (χ0v) is 11.8. The normalized spacial score (nSPS) is 13.5. The van der Waals surface area contributed by atoms with Gasteiger partial charge in [0.2, 0.25) is 0 Å². The lowest BCUT2D eigenvalue weighted by Gasteiger charge is -2.08. The molecule has 0 N–H and O–H groups in total. The number of halogens is 2. The molecule has 4 rings (SSSR count). The highest BCUT2D eigenvalue weighted by atomic mass is 35.5. The van der Waals surface area contributed by atoms with Gasteiger partial charge in [-0.3, -0.25) is 4.57 Å². The van der Waals surface area contributed by atoms with Crippen LogP contribution in [-0.2, 0) is 6.42 Å². The van der Waals surface area contributed by atoms with E-state index >= 15 is 0 Å². The van der Waals surface area contributed by atoms with Gasteiger partial charge in [-0.05, 0) is 17.7 Å². The minimum Gasteiger partial charge on any atom is -0.493 e. The van der Waals surface area contributed by atoms with Gasteiger partial charge < -0.3 is 4.74 Å². The number of rotatable bonds is 1. The van der Waals surface area contributed by atoms with Crippen molar-refractivity contribution in [3.8, 4) is 11.4 Å². The molecule has 1 aliphatic rings. The van der Waals surface area contributed by atoms with Crippen molar-refractivity contribution in [1.82, 2.24) is 14.5 Å². The van der Waals surface area contributed by atoms with Crippen molar-refractivity contribution >= 4 is 34.2 Å². The first-order valence-electron chi connectivity index (χ1n) is 6.17. The lowest BCUT2D eigenvalue weighted by atomic mass is 10.1. The summed E-state index contributed by atoms with van der Waals surface area (Å²) in [5, 5.41) is 1.67. The highest BCUT2D eigenvalue weighted by Crippen LogP contribution is 2.33. The SMILES string of the molecule is Clc1ncnc2c1cc(Cl)n2-c1ccc2c(c1)OCC2. The van der Waals surface area contributed by atoms with Gasteiger partial charge >= 0.3 is 0 Å². The maximum Gasteiger partial charge on any atom is 0.150 e. The Kier molecular flexibility index (Phi) is 2.62. The second-order valence-corrected chi connectivity index (χ2v) is 5.34. The summed E-state index contributed by atoms with van der Waals surface area (Å²) in [7, 11) is 0. The maximum atomic E-state index is 6.32. The van der Waals surface area contributed by atoms with Gasteiger partial charge in [-0.25, -0.2) is 9.97 Å². The zero-order chi connectivity index (χ0) is 13.7. The van der Waals surface area contributed by atoms with E-state index in [9.17, 15) is 0 Å². The van der Waals surface area contributed by atoms with Crippen LogP contribution in [0.3, 0.4) is 0 Å². The molecule has 3 aromatic rings. The van der Waals surface area contributed by atoms with Crippen LogP contribution in [0.25, 0.3) is 16.7 Å². The smallest absolute Gasteiger partial charge is 0.150 e. The van der Waals surface area contributed by atoms with Gasteiger partial charge in [0.15, 0.2) is 5.65 Å². The van der Waals surface area contributed by atoms with Crippen LogP contribution in [0.5, 0.6) is 5.75 Å². The minimum atomic E-state index is 0.396. The van der Waals surface area contributed by atoms with E-state index in [1.54, 1.807) is 6.07 Å². The standard InChI is InChI=1S/C14H9Cl2N3O/c15-12-6-10-13(16)17-7-18-14(10)19(12)9-2-1-8-3-4-20-11(8)5-9/h1-2,5-7H,3-4H2. The summed E-state index contributed by atoms with van der Waals surface area (Å²) in [6.45, 7) is 0.729. The lowest BCUT2D eigenvalue weighted by Crippen LogP contribution is -1.96. The fraction of sp³-hybridized carbons (Fsp3) is 0.143. The molecule has 0 saturated carbocycles. The Labute approximate surface area is 124 Å². The highest BCUT2D eigenvalue weighted by Gasteiger charge is 2.17. The molecular weight excluding hydrogens is 297 g/mol. The van der Waals surface area contributed by atoms with Gasteiger partial charge in [0.1, 0.15) is 22.4 Å². The molecular formula is C14H9Cl2N3O. The van der Waals surface area contributed by atoms with Crippen LogP contribution in [0.1, 0.15) is 5.56 Å². The van der Waals surface area contributed by atoms with Crippen molar-refractivity contribution in [3.05, 3.63) is 46.5 Å². The van der Waals surface area contributed by atoms with Crippen molar-refractivity contribution < 1.29 is 4.74 Å². The fourth-order valence-corrected chi connectivity index (χ4v) is 2.96. The van der Waals surface area contributed by atoms with Crippen molar-refractivity contribution in [2.75, 3.05) is 6.61 Å². The molecule has 0 atom stereocenters. The first kappa shape index (κ1) is 12.0. The minimum absolute atomic E-state index is 0.396. The van der Waals surface area contributed by atoms with Crippen molar-refractivity contribution in [2.24, 2.45) is 0 Å². The summed E-state index contributed by atoms with van der Waals surface area (Å²) < 4.78 is 7.44. The van der Waals surface area contributed by atoms with Gasteiger partial charge in [0, 0.05) is 12.5 Å². The van der Waals surface area contributed by atoms with E-state index in [-0.39, 0.29) is 0 Å². The summed E-state index contributed by atoms with van der Waals surface area (Å²) >= 11 is 12.4. The van der Waals surface area contributed by atoms with E-state index in [0.717, 1.165) is 29.9 Å². The monoisotopic (exact) mass is 305 g/mol. The first-order valence-corrected chi connectivity index (χ1v) is 6.93. The topological polar surface area (TPSA) is 39.9 Å². The summed E-state index contributed by atoms with van der Waals surface area (Å²) in [6, 6.07) is 7.81. The molecule has 20 heavy (non-hydrogen) atoms. The molecule has 0 amide bonds. The van der Waals surface area contributed by atoms with Crippen LogP contribution in [0.4, 0.5) is 0 Å². The number of ether oxygens (including phenoxy) is 1. The fourth-order valence-electron chi connectivity index (χ4n) is 2.49. The second-order valence-electron chi connectivity index (χ2n) is 4.59. The van der Waals surface area contributed by atoms with E-state index in [2.05, 4.69) is 16.0 Å². The first-order chi connectivity index (χ1) is 9.74. The van der Waals surface area contributed by atoms with E-state index < -0.39 is 0 Å². The van der Waals surface area contributed by atoms with Crippen LogP contribution in [0.2, 0.25) is 10.3 Å². The third-order valence-corrected chi connectivity index (χ3v) is 4.02. The van der Waals surface area contributed by atoms with Gasteiger partial charge in [-0.1, -0.05) is 29.3 Å². The molecule has 0 aliphatic carbocycles. The van der Waals surface area contributed by atoms with Gasteiger partial charge in [-0.2, -0.15) is 0 Å². The molecule has 1 aliphatic heterocycles. The average molecular weight is 306 g/mol. The van der Waals surface area contributed by atoms with Crippen molar-refractivity contribution in [3.63, 3.8) is 0 Å². The Morgan fingerprint density at radius 1 is 1.15 bits per heavy atom. The quantitative estimate of drug-likeness (QED) is 0.644. The Morgan fingerprint density at radius 2 is 2.05 bits per heavy atom. The van der Waals surface area contributed by atoms with E-state index in [0.29, 0.717) is 16.0 Å².